The molecule has 0 fully saturated rings. The van der Waals surface area contributed by atoms with Crippen LogP contribution in [0, 0.1) is 17.2 Å². The van der Waals surface area contributed by atoms with E-state index in [1.807, 2.05) is 41.3 Å². The Morgan fingerprint density at radius 3 is 2.68 bits per heavy atom. The molecular formula is C15H18N4. The van der Waals surface area contributed by atoms with E-state index in [1.54, 1.807) is 0 Å². The molecule has 0 unspecified atom stereocenters. The van der Waals surface area contributed by atoms with Crippen LogP contribution in [0.5, 0.6) is 0 Å². The summed E-state index contributed by atoms with van der Waals surface area (Å²) >= 11 is 0. The average Bonchev–Trinajstić information content (AvgIpc) is 2.84. The second kappa shape index (κ2) is 6.05. The Labute approximate surface area is 113 Å². The second-order valence-corrected chi connectivity index (χ2v) is 5.01. The van der Waals surface area contributed by atoms with Crippen molar-refractivity contribution in [2.75, 3.05) is 5.32 Å². The Balaban J connectivity index is 1.91. The average molecular weight is 254 g/mol. The van der Waals surface area contributed by atoms with Gasteiger partial charge in [0.05, 0.1) is 23.5 Å². The first-order valence-electron chi connectivity index (χ1n) is 6.43. The highest BCUT2D eigenvalue weighted by atomic mass is 15.3. The van der Waals surface area contributed by atoms with Crippen LogP contribution in [0.15, 0.2) is 36.7 Å². The van der Waals surface area contributed by atoms with Crippen LogP contribution >= 0.6 is 0 Å². The zero-order valence-corrected chi connectivity index (χ0v) is 11.3. The topological polar surface area (TPSA) is 53.6 Å². The molecule has 1 aromatic heterocycles. The second-order valence-electron chi connectivity index (χ2n) is 5.01. The van der Waals surface area contributed by atoms with Crippen LogP contribution in [-0.2, 0) is 13.1 Å². The van der Waals surface area contributed by atoms with Gasteiger partial charge in [-0.05, 0) is 23.6 Å². The minimum atomic E-state index is 0.589. The minimum absolute atomic E-state index is 0.589. The van der Waals surface area contributed by atoms with E-state index in [0.717, 1.165) is 24.3 Å². The fourth-order valence-corrected chi connectivity index (χ4v) is 1.83. The summed E-state index contributed by atoms with van der Waals surface area (Å²) in [5.41, 5.74) is 2.86. The monoisotopic (exact) mass is 254 g/mol. The number of anilines is 1. The highest BCUT2D eigenvalue weighted by Gasteiger charge is 2.01. The lowest BCUT2D eigenvalue weighted by molar-refractivity contribution is 0.483. The van der Waals surface area contributed by atoms with Crippen LogP contribution in [-0.4, -0.2) is 9.78 Å². The molecule has 4 heteroatoms. The Kier molecular flexibility index (Phi) is 4.19. The van der Waals surface area contributed by atoms with Gasteiger partial charge in [0.15, 0.2) is 0 Å². The Morgan fingerprint density at radius 2 is 2.05 bits per heavy atom. The fraction of sp³-hybridized carbons (Fsp3) is 0.333. The van der Waals surface area contributed by atoms with Gasteiger partial charge in [-0.25, -0.2) is 0 Å². The lowest BCUT2D eigenvalue weighted by Crippen LogP contribution is -2.04. The molecule has 2 rings (SSSR count). The molecular weight excluding hydrogens is 236 g/mol. The number of hydrogen-bond acceptors (Lipinski definition) is 3. The Morgan fingerprint density at radius 1 is 1.32 bits per heavy atom. The van der Waals surface area contributed by atoms with E-state index in [0.29, 0.717) is 11.5 Å². The molecule has 98 valence electrons. The lowest BCUT2D eigenvalue weighted by Gasteiger charge is -2.05. The number of hydrogen-bond donors (Lipinski definition) is 1. The molecule has 0 spiro atoms. The number of aromatic nitrogens is 2. The van der Waals surface area contributed by atoms with E-state index in [4.69, 9.17) is 5.26 Å². The van der Waals surface area contributed by atoms with Crippen LogP contribution in [0.1, 0.15) is 25.0 Å². The van der Waals surface area contributed by atoms with E-state index < -0.39 is 0 Å². The number of nitrogens with one attached hydrogen (secondary N) is 1. The third-order valence-corrected chi connectivity index (χ3v) is 2.77. The number of rotatable bonds is 5. The fourth-order valence-electron chi connectivity index (χ4n) is 1.83. The number of benzene rings is 1. The highest BCUT2D eigenvalue weighted by Crippen LogP contribution is 2.10. The van der Waals surface area contributed by atoms with Gasteiger partial charge in [0.2, 0.25) is 0 Å². The van der Waals surface area contributed by atoms with Gasteiger partial charge < -0.3 is 5.32 Å². The van der Waals surface area contributed by atoms with E-state index in [-0.39, 0.29) is 0 Å². The van der Waals surface area contributed by atoms with Crippen molar-refractivity contribution in [2.24, 2.45) is 5.92 Å². The predicted molar refractivity (Wildman–Crippen MR) is 75.5 cm³/mol. The minimum Gasteiger partial charge on any atom is -0.378 e. The van der Waals surface area contributed by atoms with Crippen LogP contribution in [0.2, 0.25) is 0 Å². The summed E-state index contributed by atoms with van der Waals surface area (Å²) in [6.45, 7) is 6.01. The van der Waals surface area contributed by atoms with Gasteiger partial charge in [-0.1, -0.05) is 26.0 Å². The first-order chi connectivity index (χ1) is 9.17. The third-order valence-electron chi connectivity index (χ3n) is 2.77. The summed E-state index contributed by atoms with van der Waals surface area (Å²) in [4.78, 5) is 0. The molecule has 0 saturated heterocycles. The molecule has 2 aromatic rings. The predicted octanol–water partition coefficient (Wildman–Crippen LogP) is 3.02. The van der Waals surface area contributed by atoms with Crippen LogP contribution in [0.4, 0.5) is 5.69 Å². The summed E-state index contributed by atoms with van der Waals surface area (Å²) < 4.78 is 1.95. The van der Waals surface area contributed by atoms with E-state index in [2.05, 4.69) is 30.3 Å². The van der Waals surface area contributed by atoms with Gasteiger partial charge in [0.25, 0.3) is 0 Å². The molecule has 1 aromatic carbocycles. The number of nitrogens with zero attached hydrogens (tertiary/aromatic N) is 3. The Hall–Kier alpha value is -2.28. The Bertz CT molecular complexity index is 561. The van der Waals surface area contributed by atoms with Crippen molar-refractivity contribution in [3.8, 4) is 6.07 Å². The van der Waals surface area contributed by atoms with Crippen LogP contribution in [0.25, 0.3) is 0 Å². The first-order valence-corrected chi connectivity index (χ1v) is 6.43. The van der Waals surface area contributed by atoms with Gasteiger partial charge in [-0.15, -0.1) is 0 Å². The summed E-state index contributed by atoms with van der Waals surface area (Å²) in [5, 5.41) is 16.4. The summed E-state index contributed by atoms with van der Waals surface area (Å²) in [7, 11) is 0. The molecule has 0 aliphatic carbocycles. The van der Waals surface area contributed by atoms with Gasteiger partial charge >= 0.3 is 0 Å². The zero-order valence-electron chi connectivity index (χ0n) is 11.3. The molecule has 1 N–H and O–H groups in total. The zero-order chi connectivity index (χ0) is 13.7. The molecule has 0 atom stereocenters. The van der Waals surface area contributed by atoms with Crippen molar-refractivity contribution in [1.82, 2.24) is 9.78 Å². The van der Waals surface area contributed by atoms with E-state index in [9.17, 15) is 0 Å². The van der Waals surface area contributed by atoms with Gasteiger partial charge in [0, 0.05) is 19.3 Å². The maximum atomic E-state index is 8.73. The summed E-state index contributed by atoms with van der Waals surface area (Å²) in [6.07, 6.45) is 3.86. The molecule has 0 bridgehead atoms. The standard InChI is InChI=1S/C15H18N4/c1-12(2)10-19-11-15(9-18-19)17-8-14-5-3-13(7-16)4-6-14/h3-6,9,11-12,17H,8,10H2,1-2H3. The highest BCUT2D eigenvalue weighted by molar-refractivity contribution is 5.40. The first kappa shape index (κ1) is 13.2. The number of nitriles is 1. The molecule has 0 saturated carbocycles. The molecule has 0 aliphatic heterocycles. The maximum Gasteiger partial charge on any atom is 0.0991 e. The van der Waals surface area contributed by atoms with Gasteiger partial charge in [-0.3, -0.25) is 4.68 Å². The molecule has 0 amide bonds. The van der Waals surface area contributed by atoms with E-state index in [1.165, 1.54) is 0 Å². The van der Waals surface area contributed by atoms with Crippen molar-refractivity contribution in [1.29, 1.82) is 5.26 Å². The van der Waals surface area contributed by atoms with Crippen molar-refractivity contribution in [2.45, 2.75) is 26.9 Å². The van der Waals surface area contributed by atoms with Crippen molar-refractivity contribution < 1.29 is 0 Å². The third kappa shape index (κ3) is 3.85. The summed E-state index contributed by atoms with van der Waals surface area (Å²) in [5.74, 6) is 0.589. The smallest absolute Gasteiger partial charge is 0.0991 e. The molecule has 0 radical (unpaired) electrons. The van der Waals surface area contributed by atoms with Crippen LogP contribution < -0.4 is 5.32 Å². The molecule has 19 heavy (non-hydrogen) atoms. The summed E-state index contributed by atoms with van der Waals surface area (Å²) in [6, 6.07) is 9.71. The van der Waals surface area contributed by atoms with Crippen LogP contribution in [0.3, 0.4) is 0 Å². The maximum absolute atomic E-state index is 8.73. The quantitative estimate of drug-likeness (QED) is 0.892. The largest absolute Gasteiger partial charge is 0.378 e. The molecule has 4 nitrogen and oxygen atoms in total. The van der Waals surface area contributed by atoms with Crippen molar-refractivity contribution >= 4 is 5.69 Å². The van der Waals surface area contributed by atoms with Crippen molar-refractivity contribution in [3.05, 3.63) is 47.8 Å². The van der Waals surface area contributed by atoms with Gasteiger partial charge in [-0.2, -0.15) is 10.4 Å². The SMILES string of the molecule is CC(C)Cn1cc(NCc2ccc(C#N)cc2)cn1. The lowest BCUT2D eigenvalue weighted by atomic mass is 10.1. The van der Waals surface area contributed by atoms with Crippen molar-refractivity contribution in [3.63, 3.8) is 0 Å². The normalized spacial score (nSPS) is 10.4. The molecule has 1 heterocycles. The molecule has 0 aliphatic rings. The van der Waals surface area contributed by atoms with E-state index >= 15 is 0 Å². The van der Waals surface area contributed by atoms with Gasteiger partial charge in [0.1, 0.15) is 0 Å².